The smallest absolute Gasteiger partial charge is 0.379 e. The number of amides is 1. The number of carbonyl (C=O) groups excluding carboxylic acids is 1. The summed E-state index contributed by atoms with van der Waals surface area (Å²) in [5.74, 6) is -0.521. The molecular weight excluding hydrogens is 503 g/mol. The molecule has 0 spiro atoms. The molecule has 9 heteroatoms. The van der Waals surface area contributed by atoms with Gasteiger partial charge in [-0.2, -0.15) is 5.26 Å². The largest absolute Gasteiger partial charge is 0.469 e. The molecular formula is C29H49N2O6P. The van der Waals surface area contributed by atoms with E-state index in [0.717, 1.165) is 19.3 Å². The molecule has 0 radical (unpaired) electrons. The van der Waals surface area contributed by atoms with E-state index >= 15 is 0 Å². The van der Waals surface area contributed by atoms with Gasteiger partial charge in [-0.15, -0.1) is 0 Å². The van der Waals surface area contributed by atoms with Crippen molar-refractivity contribution in [2.24, 2.45) is 0 Å². The second-order valence-electron chi connectivity index (χ2n) is 9.99. The first-order valence-corrected chi connectivity index (χ1v) is 16.0. The molecule has 0 fully saturated rings. The Labute approximate surface area is 229 Å². The number of benzene rings is 1. The van der Waals surface area contributed by atoms with Gasteiger partial charge in [0.1, 0.15) is 0 Å². The summed E-state index contributed by atoms with van der Waals surface area (Å²) in [6.45, 7) is 2.41. The molecule has 0 saturated carbocycles. The van der Waals surface area contributed by atoms with E-state index in [0.29, 0.717) is 6.61 Å². The van der Waals surface area contributed by atoms with Crippen molar-refractivity contribution in [3.63, 3.8) is 0 Å². The SMILES string of the molecule is CCCCCCCCCCCCCCCCCCOCC(COP(=O)(O)O)NC(=O)c1ccccc1C#N. The highest BCUT2D eigenvalue weighted by atomic mass is 31.2. The first-order chi connectivity index (χ1) is 18.4. The van der Waals surface area contributed by atoms with E-state index in [-0.39, 0.29) is 17.7 Å². The van der Waals surface area contributed by atoms with Gasteiger partial charge in [-0.1, -0.05) is 115 Å². The van der Waals surface area contributed by atoms with E-state index < -0.39 is 26.4 Å². The lowest BCUT2D eigenvalue weighted by Crippen LogP contribution is -2.41. The number of ether oxygens (including phenoxy) is 1. The summed E-state index contributed by atoms with van der Waals surface area (Å²) in [5, 5.41) is 11.9. The average Bonchev–Trinajstić information content (AvgIpc) is 2.90. The molecule has 0 aliphatic heterocycles. The summed E-state index contributed by atoms with van der Waals surface area (Å²) in [4.78, 5) is 30.6. The van der Waals surface area contributed by atoms with Crippen molar-refractivity contribution in [3.8, 4) is 6.07 Å². The second kappa shape index (κ2) is 22.1. The van der Waals surface area contributed by atoms with Gasteiger partial charge in [-0.3, -0.25) is 9.32 Å². The second-order valence-corrected chi connectivity index (χ2v) is 11.2. The third-order valence-corrected chi connectivity index (χ3v) is 7.02. The van der Waals surface area contributed by atoms with Crippen LogP contribution in [0.2, 0.25) is 0 Å². The molecule has 0 heterocycles. The lowest BCUT2D eigenvalue weighted by Gasteiger charge is -2.19. The minimum atomic E-state index is -4.69. The molecule has 1 unspecified atom stereocenters. The molecule has 0 bridgehead atoms. The third-order valence-electron chi connectivity index (χ3n) is 6.53. The molecule has 38 heavy (non-hydrogen) atoms. The van der Waals surface area contributed by atoms with Gasteiger partial charge < -0.3 is 19.8 Å². The minimum absolute atomic E-state index is 0.0548. The van der Waals surface area contributed by atoms with E-state index in [2.05, 4.69) is 16.8 Å². The number of nitrogens with one attached hydrogen (secondary N) is 1. The van der Waals surface area contributed by atoms with Crippen LogP contribution in [0, 0.1) is 11.3 Å². The zero-order chi connectivity index (χ0) is 27.9. The Kier molecular flexibility index (Phi) is 19.9. The van der Waals surface area contributed by atoms with E-state index in [9.17, 15) is 14.6 Å². The van der Waals surface area contributed by atoms with Gasteiger partial charge >= 0.3 is 7.82 Å². The number of hydrogen-bond donors (Lipinski definition) is 3. The Balaban J connectivity index is 2.13. The number of phosphoric ester groups is 1. The fourth-order valence-electron chi connectivity index (χ4n) is 4.34. The van der Waals surface area contributed by atoms with Crippen LogP contribution in [0.4, 0.5) is 0 Å². The van der Waals surface area contributed by atoms with Crippen molar-refractivity contribution in [2.45, 2.75) is 116 Å². The molecule has 0 aliphatic rings. The van der Waals surface area contributed by atoms with Crippen LogP contribution in [0.3, 0.4) is 0 Å². The predicted molar refractivity (Wildman–Crippen MR) is 151 cm³/mol. The topological polar surface area (TPSA) is 129 Å². The highest BCUT2D eigenvalue weighted by molar-refractivity contribution is 7.46. The highest BCUT2D eigenvalue weighted by Gasteiger charge is 2.21. The molecule has 1 aromatic rings. The lowest BCUT2D eigenvalue weighted by molar-refractivity contribution is 0.0697. The number of hydrogen-bond acceptors (Lipinski definition) is 5. The highest BCUT2D eigenvalue weighted by Crippen LogP contribution is 2.35. The maximum Gasteiger partial charge on any atom is 0.469 e. The number of nitrogens with zero attached hydrogens (tertiary/aromatic N) is 1. The summed E-state index contributed by atoms with van der Waals surface area (Å²) in [6.07, 6.45) is 20.6. The molecule has 1 aromatic carbocycles. The molecule has 216 valence electrons. The van der Waals surface area contributed by atoms with Crippen LogP contribution in [-0.2, 0) is 13.8 Å². The van der Waals surface area contributed by atoms with Crippen molar-refractivity contribution in [2.75, 3.05) is 19.8 Å². The normalized spacial score (nSPS) is 12.3. The Hall–Kier alpha value is -1.75. The third kappa shape index (κ3) is 18.5. The Morgan fingerprint density at radius 3 is 1.87 bits per heavy atom. The van der Waals surface area contributed by atoms with Crippen LogP contribution in [0.5, 0.6) is 0 Å². The zero-order valence-corrected chi connectivity index (χ0v) is 24.1. The standard InChI is InChI=1S/C29H49N2O6P/c1-2-3-4-5-6-7-8-9-10-11-12-13-14-15-16-19-22-36-24-27(25-37-38(33,34)35)31-29(32)28-21-18-17-20-26(28)23-30/h17-18,20-21,27H,2-16,19,22,24-25H2,1H3,(H,31,32)(H2,33,34,35). The van der Waals surface area contributed by atoms with Crippen LogP contribution in [0.15, 0.2) is 24.3 Å². The monoisotopic (exact) mass is 552 g/mol. The first-order valence-electron chi connectivity index (χ1n) is 14.4. The van der Waals surface area contributed by atoms with Crippen LogP contribution < -0.4 is 5.32 Å². The molecule has 0 aliphatic carbocycles. The summed E-state index contributed by atoms with van der Waals surface area (Å²) in [5.41, 5.74) is 0.405. The lowest BCUT2D eigenvalue weighted by atomic mass is 10.0. The van der Waals surface area contributed by atoms with Crippen LogP contribution in [0.25, 0.3) is 0 Å². The van der Waals surface area contributed by atoms with Gasteiger partial charge in [-0.05, 0) is 18.6 Å². The fraction of sp³-hybridized carbons (Fsp3) is 0.724. The number of unbranched alkanes of at least 4 members (excludes halogenated alkanes) is 15. The van der Waals surface area contributed by atoms with Crippen molar-refractivity contribution >= 4 is 13.7 Å². The maximum atomic E-state index is 12.6. The van der Waals surface area contributed by atoms with Gasteiger partial charge in [0, 0.05) is 6.61 Å². The number of rotatable bonds is 24. The Morgan fingerprint density at radius 1 is 0.868 bits per heavy atom. The number of phosphoric acid groups is 1. The van der Waals surface area contributed by atoms with Gasteiger partial charge in [-0.25, -0.2) is 4.57 Å². The molecule has 1 rings (SSSR count). The van der Waals surface area contributed by atoms with Gasteiger partial charge in [0.25, 0.3) is 5.91 Å². The quantitative estimate of drug-likeness (QED) is 0.0926. The minimum Gasteiger partial charge on any atom is -0.379 e. The molecule has 8 nitrogen and oxygen atoms in total. The number of nitriles is 1. The summed E-state index contributed by atoms with van der Waals surface area (Å²) >= 11 is 0. The van der Waals surface area contributed by atoms with Crippen molar-refractivity contribution in [1.29, 1.82) is 5.26 Å². The van der Waals surface area contributed by atoms with E-state index in [1.165, 1.54) is 95.6 Å². The molecule has 1 amide bonds. The molecule has 1 atom stereocenters. The zero-order valence-electron chi connectivity index (χ0n) is 23.2. The van der Waals surface area contributed by atoms with Crippen molar-refractivity contribution in [3.05, 3.63) is 35.4 Å². The van der Waals surface area contributed by atoms with Gasteiger partial charge in [0.15, 0.2) is 0 Å². The van der Waals surface area contributed by atoms with E-state index in [1.807, 2.05) is 6.07 Å². The van der Waals surface area contributed by atoms with E-state index in [4.69, 9.17) is 14.5 Å². The number of carbonyl (C=O) groups is 1. The van der Waals surface area contributed by atoms with Crippen LogP contribution in [0.1, 0.15) is 126 Å². The summed E-state index contributed by atoms with van der Waals surface area (Å²) < 4.78 is 21.3. The maximum absolute atomic E-state index is 12.6. The van der Waals surface area contributed by atoms with Crippen molar-refractivity contribution in [1.82, 2.24) is 5.32 Å². The van der Waals surface area contributed by atoms with Gasteiger partial charge in [0.2, 0.25) is 0 Å². The summed E-state index contributed by atoms with van der Waals surface area (Å²) in [6, 6.07) is 7.55. The molecule has 0 aromatic heterocycles. The molecule has 0 saturated heterocycles. The average molecular weight is 553 g/mol. The van der Waals surface area contributed by atoms with Crippen LogP contribution in [-0.4, -0.2) is 41.6 Å². The Bertz CT molecular complexity index is 839. The Morgan fingerprint density at radius 2 is 1.37 bits per heavy atom. The van der Waals surface area contributed by atoms with Gasteiger partial charge in [0.05, 0.1) is 36.5 Å². The predicted octanol–water partition coefficient (Wildman–Crippen LogP) is 7.04. The fourth-order valence-corrected chi connectivity index (χ4v) is 4.71. The summed E-state index contributed by atoms with van der Waals surface area (Å²) in [7, 11) is -4.69. The van der Waals surface area contributed by atoms with Crippen molar-refractivity contribution < 1.29 is 28.4 Å². The van der Waals surface area contributed by atoms with Crippen LogP contribution >= 0.6 is 7.82 Å². The first kappa shape index (κ1) is 34.3. The van der Waals surface area contributed by atoms with E-state index in [1.54, 1.807) is 12.1 Å². The molecule has 3 N–H and O–H groups in total.